The topological polar surface area (TPSA) is 43.8 Å². The van der Waals surface area contributed by atoms with Crippen LogP contribution in [0.5, 0.6) is 0 Å². The number of hydrogen-bond acceptors (Lipinski definition) is 2. The van der Waals surface area contributed by atoms with Crippen LogP contribution in [0.3, 0.4) is 0 Å². The maximum Gasteiger partial charge on any atom is 0.0952 e. The molecule has 2 N–H and O–H groups in total. The quantitative estimate of drug-likeness (QED) is 0.806. The molecule has 0 fully saturated rings. The van der Waals surface area contributed by atoms with Gasteiger partial charge < -0.3 is 10.3 Å². The monoisotopic (exact) mass is 201 g/mol. The van der Waals surface area contributed by atoms with Gasteiger partial charge in [-0.05, 0) is 6.92 Å². The first kappa shape index (κ1) is 9.93. The molecule has 1 aromatic carbocycles. The summed E-state index contributed by atoms with van der Waals surface area (Å²) in [6, 6.07) is 8.41. The van der Waals surface area contributed by atoms with Crippen LogP contribution in [0.2, 0.25) is 0 Å². The van der Waals surface area contributed by atoms with E-state index in [0.29, 0.717) is 6.54 Å². The summed E-state index contributed by atoms with van der Waals surface area (Å²) in [6.07, 6.45) is 1.80. The molecule has 1 heterocycles. The lowest BCUT2D eigenvalue weighted by Gasteiger charge is -2.05. The Labute approximate surface area is 89.6 Å². The number of rotatable bonds is 2. The molecule has 0 aliphatic heterocycles. The van der Waals surface area contributed by atoms with Gasteiger partial charge in [0.1, 0.15) is 0 Å². The molecule has 0 atom stereocenters. The van der Waals surface area contributed by atoms with Gasteiger partial charge in [0.25, 0.3) is 0 Å². The Bertz CT molecular complexity index is 454. The van der Waals surface area contributed by atoms with Gasteiger partial charge in [-0.1, -0.05) is 29.8 Å². The molecule has 15 heavy (non-hydrogen) atoms. The van der Waals surface area contributed by atoms with E-state index in [9.17, 15) is 0 Å². The smallest absolute Gasteiger partial charge is 0.0952 e. The zero-order chi connectivity index (χ0) is 10.8. The summed E-state index contributed by atoms with van der Waals surface area (Å²) >= 11 is 0. The molecule has 0 spiro atoms. The first-order chi connectivity index (χ1) is 7.22. The standard InChI is InChI=1S/C12H15N3/c1-9-3-5-10(6-4-9)12-11(7-13)14-8-15(12)2/h3-6,8H,7,13H2,1-2H3. The zero-order valence-electron chi connectivity index (χ0n) is 9.07. The Hall–Kier alpha value is -1.61. The number of imidazole rings is 1. The van der Waals surface area contributed by atoms with Crippen LogP contribution in [-0.4, -0.2) is 9.55 Å². The lowest BCUT2D eigenvalue weighted by molar-refractivity contribution is 0.920. The van der Waals surface area contributed by atoms with Crippen LogP contribution in [0.4, 0.5) is 0 Å². The molecule has 0 saturated carbocycles. The van der Waals surface area contributed by atoms with Crippen molar-refractivity contribution < 1.29 is 0 Å². The van der Waals surface area contributed by atoms with Crippen LogP contribution in [0.25, 0.3) is 11.3 Å². The maximum atomic E-state index is 5.66. The normalized spacial score (nSPS) is 10.6. The van der Waals surface area contributed by atoms with Crippen molar-refractivity contribution in [1.29, 1.82) is 0 Å². The van der Waals surface area contributed by atoms with Crippen molar-refractivity contribution in [1.82, 2.24) is 9.55 Å². The molecule has 0 radical (unpaired) electrons. The van der Waals surface area contributed by atoms with Gasteiger partial charge in [0.15, 0.2) is 0 Å². The fraction of sp³-hybridized carbons (Fsp3) is 0.250. The zero-order valence-corrected chi connectivity index (χ0v) is 9.07. The highest BCUT2D eigenvalue weighted by Gasteiger charge is 2.08. The summed E-state index contributed by atoms with van der Waals surface area (Å²) in [5.41, 5.74) is 10.1. The molecule has 0 bridgehead atoms. The van der Waals surface area contributed by atoms with Crippen LogP contribution in [0.15, 0.2) is 30.6 Å². The third-order valence-corrected chi connectivity index (χ3v) is 2.53. The Kier molecular flexibility index (Phi) is 2.56. The Morgan fingerprint density at radius 3 is 2.53 bits per heavy atom. The van der Waals surface area contributed by atoms with E-state index in [2.05, 4.69) is 36.2 Å². The molecule has 0 saturated heterocycles. The molecule has 2 rings (SSSR count). The second kappa shape index (κ2) is 3.87. The highest BCUT2D eigenvalue weighted by Crippen LogP contribution is 2.22. The predicted octanol–water partition coefficient (Wildman–Crippen LogP) is 1.85. The summed E-state index contributed by atoms with van der Waals surface area (Å²) in [5, 5.41) is 0. The van der Waals surface area contributed by atoms with Crippen molar-refractivity contribution >= 4 is 0 Å². The third kappa shape index (κ3) is 1.78. The van der Waals surface area contributed by atoms with E-state index in [1.165, 1.54) is 11.1 Å². The SMILES string of the molecule is Cc1ccc(-c2c(CN)ncn2C)cc1. The summed E-state index contributed by atoms with van der Waals surface area (Å²) in [5.74, 6) is 0. The summed E-state index contributed by atoms with van der Waals surface area (Å²) in [7, 11) is 1.99. The molecular weight excluding hydrogens is 186 g/mol. The Morgan fingerprint density at radius 1 is 1.27 bits per heavy atom. The summed E-state index contributed by atoms with van der Waals surface area (Å²) < 4.78 is 2.01. The predicted molar refractivity (Wildman–Crippen MR) is 61.3 cm³/mol. The van der Waals surface area contributed by atoms with Crippen molar-refractivity contribution in [2.24, 2.45) is 12.8 Å². The lowest BCUT2D eigenvalue weighted by atomic mass is 10.1. The Balaban J connectivity index is 2.52. The molecule has 2 aromatic rings. The lowest BCUT2D eigenvalue weighted by Crippen LogP contribution is -2.00. The largest absolute Gasteiger partial charge is 0.333 e. The van der Waals surface area contributed by atoms with Gasteiger partial charge in [-0.25, -0.2) is 4.98 Å². The van der Waals surface area contributed by atoms with Crippen LogP contribution >= 0.6 is 0 Å². The molecule has 78 valence electrons. The van der Waals surface area contributed by atoms with Crippen LogP contribution in [0, 0.1) is 6.92 Å². The fourth-order valence-corrected chi connectivity index (χ4v) is 1.71. The van der Waals surface area contributed by atoms with Gasteiger partial charge in [0, 0.05) is 19.2 Å². The molecular formula is C12H15N3. The maximum absolute atomic E-state index is 5.66. The highest BCUT2D eigenvalue weighted by atomic mass is 15.0. The number of nitrogens with two attached hydrogens (primary N) is 1. The average molecular weight is 201 g/mol. The van der Waals surface area contributed by atoms with Crippen molar-refractivity contribution in [2.45, 2.75) is 13.5 Å². The van der Waals surface area contributed by atoms with Crippen molar-refractivity contribution in [3.8, 4) is 11.3 Å². The van der Waals surface area contributed by atoms with E-state index in [4.69, 9.17) is 5.73 Å². The van der Waals surface area contributed by atoms with Crippen molar-refractivity contribution in [3.05, 3.63) is 41.9 Å². The van der Waals surface area contributed by atoms with E-state index >= 15 is 0 Å². The minimum absolute atomic E-state index is 0.476. The number of nitrogens with zero attached hydrogens (tertiary/aromatic N) is 2. The van der Waals surface area contributed by atoms with Crippen LogP contribution in [0.1, 0.15) is 11.3 Å². The van der Waals surface area contributed by atoms with Crippen LogP contribution in [-0.2, 0) is 13.6 Å². The molecule has 0 unspecified atom stereocenters. The molecule has 0 amide bonds. The van der Waals surface area contributed by atoms with Crippen molar-refractivity contribution in [2.75, 3.05) is 0 Å². The number of benzene rings is 1. The second-order valence-electron chi connectivity index (χ2n) is 3.72. The Morgan fingerprint density at radius 2 is 1.93 bits per heavy atom. The summed E-state index contributed by atoms with van der Waals surface area (Å²) in [6.45, 7) is 2.56. The summed E-state index contributed by atoms with van der Waals surface area (Å²) in [4.78, 5) is 4.27. The first-order valence-corrected chi connectivity index (χ1v) is 4.99. The van der Waals surface area contributed by atoms with Gasteiger partial charge in [-0.2, -0.15) is 0 Å². The molecule has 3 nitrogen and oxygen atoms in total. The average Bonchev–Trinajstić information content (AvgIpc) is 2.61. The number of hydrogen-bond donors (Lipinski definition) is 1. The number of aromatic nitrogens is 2. The van der Waals surface area contributed by atoms with Gasteiger partial charge >= 0.3 is 0 Å². The van der Waals surface area contributed by atoms with Crippen molar-refractivity contribution in [3.63, 3.8) is 0 Å². The van der Waals surface area contributed by atoms with Gasteiger partial charge in [-0.3, -0.25) is 0 Å². The molecule has 1 aromatic heterocycles. The van der Waals surface area contributed by atoms with E-state index in [1.807, 2.05) is 11.6 Å². The molecule has 3 heteroatoms. The van der Waals surface area contributed by atoms with Gasteiger partial charge in [0.05, 0.1) is 17.7 Å². The van der Waals surface area contributed by atoms with Gasteiger partial charge in [0.2, 0.25) is 0 Å². The molecule has 0 aliphatic carbocycles. The third-order valence-electron chi connectivity index (χ3n) is 2.53. The highest BCUT2D eigenvalue weighted by molar-refractivity contribution is 5.62. The van der Waals surface area contributed by atoms with Crippen LogP contribution < -0.4 is 5.73 Å². The van der Waals surface area contributed by atoms with E-state index in [0.717, 1.165) is 11.4 Å². The minimum Gasteiger partial charge on any atom is -0.333 e. The molecule has 0 aliphatic rings. The van der Waals surface area contributed by atoms with Gasteiger partial charge in [-0.15, -0.1) is 0 Å². The first-order valence-electron chi connectivity index (χ1n) is 4.99. The second-order valence-corrected chi connectivity index (χ2v) is 3.72. The van der Waals surface area contributed by atoms with E-state index in [1.54, 1.807) is 6.33 Å². The van der Waals surface area contributed by atoms with E-state index < -0.39 is 0 Å². The number of aryl methyl sites for hydroxylation is 2. The van der Waals surface area contributed by atoms with E-state index in [-0.39, 0.29) is 0 Å². The fourth-order valence-electron chi connectivity index (χ4n) is 1.71. The minimum atomic E-state index is 0.476.